The summed E-state index contributed by atoms with van der Waals surface area (Å²) in [6.45, 7) is 9.72. The van der Waals surface area contributed by atoms with Crippen molar-refractivity contribution in [2.24, 2.45) is 0 Å². The van der Waals surface area contributed by atoms with Crippen molar-refractivity contribution in [3.8, 4) is 11.5 Å². The van der Waals surface area contributed by atoms with E-state index in [4.69, 9.17) is 9.47 Å². The molecule has 1 atom stereocenters. The van der Waals surface area contributed by atoms with Gasteiger partial charge in [-0.2, -0.15) is 0 Å². The topological polar surface area (TPSA) is 42.0 Å². The van der Waals surface area contributed by atoms with Gasteiger partial charge in [0.05, 0.1) is 19.4 Å². The molecule has 3 rings (SSSR count). The second-order valence-electron chi connectivity index (χ2n) is 6.96. The Labute approximate surface area is 190 Å². The zero-order valence-corrected chi connectivity index (χ0v) is 19.7. The molecule has 0 fully saturated rings. The number of ether oxygens (including phenoxy) is 2. The highest BCUT2D eigenvalue weighted by atomic mass is 35.5. The Bertz CT molecular complexity index is 845. The van der Waals surface area contributed by atoms with Crippen molar-refractivity contribution in [2.75, 3.05) is 38.3 Å². The molecule has 0 aliphatic carbocycles. The van der Waals surface area contributed by atoms with Crippen LogP contribution in [0.15, 0.2) is 47.4 Å². The molecule has 5 nitrogen and oxygen atoms in total. The number of hydrogen-bond acceptors (Lipinski definition) is 5. The standard InChI is InChI=1S/C23H30N2O3S.ClH/c1-5-24(6-2)14-9-15-28-21-13-12-18(27-4)16-19(21)23-25(17(3)26)20-10-7-8-11-22(20)29-23;/h7-8,10-13,16,23H,5-6,9,14-15H2,1-4H3;1H. The molecule has 0 bridgehead atoms. The predicted octanol–water partition coefficient (Wildman–Crippen LogP) is 5.39. The average Bonchev–Trinajstić information content (AvgIpc) is 3.13. The van der Waals surface area contributed by atoms with Gasteiger partial charge in [-0.1, -0.05) is 37.7 Å². The molecule has 1 aliphatic rings. The molecule has 0 radical (unpaired) electrons. The number of thioether (sulfide) groups is 1. The van der Waals surface area contributed by atoms with E-state index in [1.807, 2.05) is 41.3 Å². The Morgan fingerprint density at radius 1 is 1.17 bits per heavy atom. The summed E-state index contributed by atoms with van der Waals surface area (Å²) in [5.74, 6) is 1.58. The zero-order chi connectivity index (χ0) is 20.8. The molecular weight excluding hydrogens is 420 g/mol. The number of para-hydroxylation sites is 1. The lowest BCUT2D eigenvalue weighted by Crippen LogP contribution is -2.28. The molecule has 1 heterocycles. The predicted molar refractivity (Wildman–Crippen MR) is 126 cm³/mol. The Morgan fingerprint density at radius 3 is 2.57 bits per heavy atom. The van der Waals surface area contributed by atoms with Crippen molar-refractivity contribution in [1.82, 2.24) is 4.90 Å². The average molecular weight is 451 g/mol. The second kappa shape index (κ2) is 11.5. The first-order chi connectivity index (χ1) is 14.1. The Morgan fingerprint density at radius 2 is 1.90 bits per heavy atom. The van der Waals surface area contributed by atoms with Gasteiger partial charge in [-0.15, -0.1) is 12.4 Å². The van der Waals surface area contributed by atoms with Crippen LogP contribution in [0.2, 0.25) is 0 Å². The number of halogens is 1. The summed E-state index contributed by atoms with van der Waals surface area (Å²) < 4.78 is 11.6. The van der Waals surface area contributed by atoms with Gasteiger partial charge in [0.2, 0.25) is 5.91 Å². The minimum atomic E-state index is -0.169. The van der Waals surface area contributed by atoms with E-state index in [2.05, 4.69) is 24.8 Å². The zero-order valence-electron chi connectivity index (χ0n) is 18.1. The van der Waals surface area contributed by atoms with Crippen LogP contribution < -0.4 is 14.4 Å². The van der Waals surface area contributed by atoms with E-state index in [1.165, 1.54) is 0 Å². The molecule has 2 aromatic carbocycles. The van der Waals surface area contributed by atoms with E-state index >= 15 is 0 Å². The number of fused-ring (bicyclic) bond motifs is 1. The fourth-order valence-electron chi connectivity index (χ4n) is 3.58. The van der Waals surface area contributed by atoms with Gasteiger partial charge in [0.25, 0.3) is 0 Å². The van der Waals surface area contributed by atoms with Crippen LogP contribution >= 0.6 is 24.2 Å². The molecular formula is C23H31ClN2O3S. The highest BCUT2D eigenvalue weighted by molar-refractivity contribution is 8.00. The van der Waals surface area contributed by atoms with Crippen molar-refractivity contribution in [1.29, 1.82) is 0 Å². The van der Waals surface area contributed by atoms with Gasteiger partial charge < -0.3 is 14.4 Å². The third kappa shape index (κ3) is 5.42. The number of methoxy groups -OCH3 is 1. The smallest absolute Gasteiger partial charge is 0.225 e. The van der Waals surface area contributed by atoms with Crippen LogP contribution in [0, 0.1) is 0 Å². The van der Waals surface area contributed by atoms with Gasteiger partial charge in [-0.25, -0.2) is 0 Å². The quantitative estimate of drug-likeness (QED) is 0.479. The summed E-state index contributed by atoms with van der Waals surface area (Å²) in [5, 5.41) is -0.169. The van der Waals surface area contributed by atoms with Crippen LogP contribution in [0.4, 0.5) is 5.69 Å². The number of anilines is 1. The number of hydrogen-bond donors (Lipinski definition) is 0. The normalized spacial score (nSPS) is 15.0. The SMILES string of the molecule is CCN(CC)CCCOc1ccc(OC)cc1C1Sc2ccccc2N1C(C)=O.Cl. The molecule has 7 heteroatoms. The monoisotopic (exact) mass is 450 g/mol. The van der Waals surface area contributed by atoms with Crippen molar-refractivity contribution >= 4 is 35.8 Å². The molecule has 0 saturated carbocycles. The molecule has 164 valence electrons. The van der Waals surface area contributed by atoms with Crippen LogP contribution in [0.1, 0.15) is 38.1 Å². The van der Waals surface area contributed by atoms with Crippen LogP contribution in [-0.2, 0) is 4.79 Å². The lowest BCUT2D eigenvalue weighted by molar-refractivity contribution is -0.116. The summed E-state index contributed by atoms with van der Waals surface area (Å²) in [6, 6.07) is 13.9. The van der Waals surface area contributed by atoms with Crippen molar-refractivity contribution in [3.63, 3.8) is 0 Å². The lowest BCUT2D eigenvalue weighted by atomic mass is 10.1. The van der Waals surface area contributed by atoms with Crippen molar-refractivity contribution in [2.45, 2.75) is 37.5 Å². The highest BCUT2D eigenvalue weighted by Crippen LogP contribution is 2.53. The van der Waals surface area contributed by atoms with E-state index in [0.29, 0.717) is 6.61 Å². The largest absolute Gasteiger partial charge is 0.497 e. The Hall–Kier alpha value is -1.89. The van der Waals surface area contributed by atoms with Gasteiger partial charge in [-0.05, 0) is 49.8 Å². The Kier molecular flexibility index (Phi) is 9.34. The van der Waals surface area contributed by atoms with Crippen LogP contribution in [-0.4, -0.2) is 44.2 Å². The van der Waals surface area contributed by atoms with Crippen molar-refractivity contribution in [3.05, 3.63) is 48.0 Å². The van der Waals surface area contributed by atoms with Crippen LogP contribution in [0.5, 0.6) is 11.5 Å². The summed E-state index contributed by atoms with van der Waals surface area (Å²) in [7, 11) is 1.66. The molecule has 1 aliphatic heterocycles. The number of nitrogens with zero attached hydrogens (tertiary/aromatic N) is 2. The fourth-order valence-corrected chi connectivity index (χ4v) is 4.94. The summed E-state index contributed by atoms with van der Waals surface area (Å²) >= 11 is 1.67. The second-order valence-corrected chi connectivity index (χ2v) is 8.08. The Balaban J connectivity index is 0.00000320. The van der Waals surface area contributed by atoms with E-state index in [1.54, 1.807) is 25.8 Å². The summed E-state index contributed by atoms with van der Waals surface area (Å²) in [4.78, 5) is 17.8. The minimum absolute atomic E-state index is 0. The number of amides is 1. The first-order valence-electron chi connectivity index (χ1n) is 10.2. The van der Waals surface area contributed by atoms with Gasteiger partial charge in [0.15, 0.2) is 0 Å². The third-order valence-electron chi connectivity index (χ3n) is 5.19. The number of carbonyl (C=O) groups is 1. The highest BCUT2D eigenvalue weighted by Gasteiger charge is 2.35. The molecule has 30 heavy (non-hydrogen) atoms. The number of benzene rings is 2. The van der Waals surface area contributed by atoms with E-state index in [0.717, 1.165) is 53.7 Å². The maximum Gasteiger partial charge on any atom is 0.225 e. The van der Waals surface area contributed by atoms with E-state index < -0.39 is 0 Å². The molecule has 0 spiro atoms. The van der Waals surface area contributed by atoms with Crippen molar-refractivity contribution < 1.29 is 14.3 Å². The summed E-state index contributed by atoms with van der Waals surface area (Å²) in [5.41, 5.74) is 1.91. The molecule has 1 unspecified atom stereocenters. The van der Waals surface area contributed by atoms with Gasteiger partial charge >= 0.3 is 0 Å². The first kappa shape index (κ1) is 24.4. The maximum atomic E-state index is 12.5. The minimum Gasteiger partial charge on any atom is -0.497 e. The van der Waals surface area contributed by atoms with E-state index in [9.17, 15) is 4.79 Å². The lowest BCUT2D eigenvalue weighted by Gasteiger charge is -2.26. The number of carbonyl (C=O) groups excluding carboxylic acids is 1. The summed E-state index contributed by atoms with van der Waals surface area (Å²) in [6.07, 6.45) is 0.960. The fraction of sp³-hybridized carbons (Fsp3) is 0.435. The number of rotatable bonds is 9. The van der Waals surface area contributed by atoms with Crippen LogP contribution in [0.25, 0.3) is 0 Å². The first-order valence-corrected chi connectivity index (χ1v) is 11.1. The molecule has 0 aromatic heterocycles. The van der Waals surface area contributed by atoms with Gasteiger partial charge in [0, 0.05) is 23.9 Å². The molecule has 0 saturated heterocycles. The molecule has 1 amide bonds. The van der Waals surface area contributed by atoms with Crippen LogP contribution in [0.3, 0.4) is 0 Å². The third-order valence-corrected chi connectivity index (χ3v) is 6.48. The van der Waals surface area contributed by atoms with Gasteiger partial charge in [0.1, 0.15) is 16.9 Å². The molecule has 2 aromatic rings. The van der Waals surface area contributed by atoms with E-state index in [-0.39, 0.29) is 23.7 Å². The molecule has 0 N–H and O–H groups in total. The maximum absolute atomic E-state index is 12.5. The van der Waals surface area contributed by atoms with Gasteiger partial charge in [-0.3, -0.25) is 9.69 Å².